The second-order valence-electron chi connectivity index (χ2n) is 6.84. The van der Waals surface area contributed by atoms with Gasteiger partial charge in [0.15, 0.2) is 0 Å². The molecule has 21 heavy (non-hydrogen) atoms. The highest BCUT2D eigenvalue weighted by molar-refractivity contribution is 4.60. The van der Waals surface area contributed by atoms with Gasteiger partial charge >= 0.3 is 0 Å². The first kappa shape index (κ1) is 21.0. The average molecular weight is 299 g/mol. The van der Waals surface area contributed by atoms with E-state index in [0.29, 0.717) is 6.61 Å². The molecular weight excluding hydrogens is 256 g/mol. The van der Waals surface area contributed by atoms with E-state index < -0.39 is 0 Å². The van der Waals surface area contributed by atoms with E-state index in [1.165, 1.54) is 96.3 Å². The SMILES string of the molecule is CCCCCCCCC(CCC)CCCCCCCCO. The van der Waals surface area contributed by atoms with Crippen LogP contribution in [0.4, 0.5) is 0 Å². The molecule has 0 amide bonds. The lowest BCUT2D eigenvalue weighted by atomic mass is 9.90. The molecule has 1 nitrogen and oxygen atoms in total. The zero-order chi connectivity index (χ0) is 15.6. The molecule has 1 unspecified atom stereocenters. The maximum Gasteiger partial charge on any atom is 0.0431 e. The quantitative estimate of drug-likeness (QED) is 0.290. The smallest absolute Gasteiger partial charge is 0.0431 e. The molecule has 1 N–H and O–H groups in total. The Morgan fingerprint density at radius 3 is 1.48 bits per heavy atom. The fourth-order valence-electron chi connectivity index (χ4n) is 3.31. The fourth-order valence-corrected chi connectivity index (χ4v) is 3.31. The largest absolute Gasteiger partial charge is 0.396 e. The molecule has 0 rings (SSSR count). The number of hydrogen-bond donors (Lipinski definition) is 1. The lowest BCUT2D eigenvalue weighted by Crippen LogP contribution is -2.00. The van der Waals surface area contributed by atoms with Gasteiger partial charge in [-0.05, 0) is 12.3 Å². The molecule has 0 spiro atoms. The molecular formula is C20H42O. The van der Waals surface area contributed by atoms with Crippen LogP contribution in [-0.4, -0.2) is 11.7 Å². The van der Waals surface area contributed by atoms with Gasteiger partial charge in [0.05, 0.1) is 0 Å². The van der Waals surface area contributed by atoms with Crippen LogP contribution < -0.4 is 0 Å². The Hall–Kier alpha value is -0.0400. The maximum atomic E-state index is 8.75. The van der Waals surface area contributed by atoms with Crippen LogP contribution in [0.1, 0.15) is 117 Å². The van der Waals surface area contributed by atoms with E-state index in [2.05, 4.69) is 13.8 Å². The second kappa shape index (κ2) is 18.0. The van der Waals surface area contributed by atoms with Gasteiger partial charge < -0.3 is 5.11 Å². The van der Waals surface area contributed by atoms with Crippen LogP contribution in [0.3, 0.4) is 0 Å². The standard InChI is InChI=1S/C20H42O/c1-3-5-6-7-10-13-17-20(16-4-2)18-14-11-8-9-12-15-19-21/h20-21H,3-19H2,1-2H3. The minimum atomic E-state index is 0.372. The van der Waals surface area contributed by atoms with Gasteiger partial charge in [0.2, 0.25) is 0 Å². The molecule has 0 aromatic carbocycles. The summed E-state index contributed by atoms with van der Waals surface area (Å²) in [6, 6.07) is 0. The molecule has 0 aromatic rings. The normalized spacial score (nSPS) is 12.7. The first-order valence-electron chi connectivity index (χ1n) is 9.96. The van der Waals surface area contributed by atoms with Crippen LogP contribution in [0.25, 0.3) is 0 Å². The molecule has 0 aromatic heterocycles. The topological polar surface area (TPSA) is 20.2 Å². The summed E-state index contributed by atoms with van der Waals surface area (Å²) >= 11 is 0. The number of aliphatic hydroxyl groups is 1. The summed E-state index contributed by atoms with van der Waals surface area (Å²) in [6.07, 6.45) is 22.1. The summed E-state index contributed by atoms with van der Waals surface area (Å²) in [5.41, 5.74) is 0. The van der Waals surface area contributed by atoms with Crippen LogP contribution in [0.15, 0.2) is 0 Å². The van der Waals surface area contributed by atoms with Crippen molar-refractivity contribution in [2.24, 2.45) is 5.92 Å². The molecule has 0 radical (unpaired) electrons. The third kappa shape index (κ3) is 16.2. The minimum Gasteiger partial charge on any atom is -0.396 e. The highest BCUT2D eigenvalue weighted by Gasteiger charge is 2.07. The zero-order valence-electron chi connectivity index (χ0n) is 15.0. The van der Waals surface area contributed by atoms with Gasteiger partial charge in [-0.25, -0.2) is 0 Å². The van der Waals surface area contributed by atoms with Crippen molar-refractivity contribution >= 4 is 0 Å². The van der Waals surface area contributed by atoms with Crippen molar-refractivity contribution in [2.75, 3.05) is 6.61 Å². The third-order valence-corrected chi connectivity index (χ3v) is 4.68. The fraction of sp³-hybridized carbons (Fsp3) is 1.00. The second-order valence-corrected chi connectivity index (χ2v) is 6.84. The molecule has 0 aliphatic carbocycles. The molecule has 128 valence electrons. The van der Waals surface area contributed by atoms with Crippen molar-refractivity contribution in [2.45, 2.75) is 117 Å². The molecule has 0 saturated carbocycles. The summed E-state index contributed by atoms with van der Waals surface area (Å²) in [4.78, 5) is 0. The summed E-state index contributed by atoms with van der Waals surface area (Å²) in [6.45, 7) is 5.00. The van der Waals surface area contributed by atoms with Gasteiger partial charge in [-0.1, -0.05) is 110 Å². The van der Waals surface area contributed by atoms with Gasteiger partial charge in [-0.3, -0.25) is 0 Å². The Balaban J connectivity index is 3.44. The molecule has 0 heterocycles. The van der Waals surface area contributed by atoms with Crippen LogP contribution >= 0.6 is 0 Å². The molecule has 0 aliphatic heterocycles. The predicted molar refractivity (Wildman–Crippen MR) is 95.8 cm³/mol. The van der Waals surface area contributed by atoms with Gasteiger partial charge in [0, 0.05) is 6.61 Å². The molecule has 1 atom stereocenters. The van der Waals surface area contributed by atoms with Gasteiger partial charge in [0.1, 0.15) is 0 Å². The first-order chi connectivity index (χ1) is 10.3. The number of unbranched alkanes of at least 4 members (excludes halogenated alkanes) is 10. The Bertz CT molecular complexity index is 179. The van der Waals surface area contributed by atoms with E-state index in [1.807, 2.05) is 0 Å². The number of hydrogen-bond acceptors (Lipinski definition) is 1. The van der Waals surface area contributed by atoms with E-state index in [9.17, 15) is 0 Å². The van der Waals surface area contributed by atoms with E-state index in [1.54, 1.807) is 0 Å². The average Bonchev–Trinajstić information content (AvgIpc) is 2.49. The van der Waals surface area contributed by atoms with Crippen molar-refractivity contribution in [3.63, 3.8) is 0 Å². The summed E-state index contributed by atoms with van der Waals surface area (Å²) in [5, 5.41) is 8.75. The minimum absolute atomic E-state index is 0.372. The summed E-state index contributed by atoms with van der Waals surface area (Å²) in [7, 11) is 0. The lowest BCUT2D eigenvalue weighted by molar-refractivity contribution is 0.282. The highest BCUT2D eigenvalue weighted by atomic mass is 16.2. The molecule has 0 saturated heterocycles. The van der Waals surface area contributed by atoms with Gasteiger partial charge in [-0.2, -0.15) is 0 Å². The Morgan fingerprint density at radius 1 is 0.524 bits per heavy atom. The molecule has 0 fully saturated rings. The van der Waals surface area contributed by atoms with Crippen molar-refractivity contribution in [3.05, 3.63) is 0 Å². The zero-order valence-corrected chi connectivity index (χ0v) is 15.0. The number of aliphatic hydroxyl groups excluding tert-OH is 1. The monoisotopic (exact) mass is 298 g/mol. The number of rotatable bonds is 17. The van der Waals surface area contributed by atoms with E-state index >= 15 is 0 Å². The van der Waals surface area contributed by atoms with Crippen LogP contribution in [-0.2, 0) is 0 Å². The third-order valence-electron chi connectivity index (χ3n) is 4.68. The predicted octanol–water partition coefficient (Wildman–Crippen LogP) is 6.88. The Labute approximate surface area is 134 Å². The van der Waals surface area contributed by atoms with Crippen molar-refractivity contribution in [1.82, 2.24) is 0 Å². The Kier molecular flexibility index (Phi) is 18.0. The van der Waals surface area contributed by atoms with Crippen LogP contribution in [0.2, 0.25) is 0 Å². The van der Waals surface area contributed by atoms with Crippen molar-refractivity contribution in [1.29, 1.82) is 0 Å². The Morgan fingerprint density at radius 2 is 1.00 bits per heavy atom. The van der Waals surface area contributed by atoms with E-state index in [-0.39, 0.29) is 0 Å². The molecule has 1 heteroatoms. The van der Waals surface area contributed by atoms with Gasteiger partial charge in [0.25, 0.3) is 0 Å². The molecule has 0 bridgehead atoms. The summed E-state index contributed by atoms with van der Waals surface area (Å²) < 4.78 is 0. The van der Waals surface area contributed by atoms with Crippen LogP contribution in [0.5, 0.6) is 0 Å². The highest BCUT2D eigenvalue weighted by Crippen LogP contribution is 2.23. The summed E-state index contributed by atoms with van der Waals surface area (Å²) in [5.74, 6) is 0.999. The van der Waals surface area contributed by atoms with Gasteiger partial charge in [-0.15, -0.1) is 0 Å². The van der Waals surface area contributed by atoms with E-state index in [4.69, 9.17) is 5.11 Å². The maximum absolute atomic E-state index is 8.75. The lowest BCUT2D eigenvalue weighted by Gasteiger charge is -2.16. The van der Waals surface area contributed by atoms with Crippen LogP contribution in [0, 0.1) is 5.92 Å². The molecule has 0 aliphatic rings. The first-order valence-corrected chi connectivity index (χ1v) is 9.96. The van der Waals surface area contributed by atoms with Crippen molar-refractivity contribution in [3.8, 4) is 0 Å². The van der Waals surface area contributed by atoms with E-state index in [0.717, 1.165) is 12.3 Å². The van der Waals surface area contributed by atoms with Crippen molar-refractivity contribution < 1.29 is 5.11 Å².